The van der Waals surface area contributed by atoms with E-state index in [0.29, 0.717) is 5.92 Å². The fourth-order valence-electron chi connectivity index (χ4n) is 28.7. The number of nitrogens with zero attached hydrogens (tertiary/aromatic N) is 1. The molecule has 1 aliphatic heterocycles. The first-order valence-electron chi connectivity index (χ1n) is 62.2. The van der Waals surface area contributed by atoms with Crippen molar-refractivity contribution in [1.82, 2.24) is 10.3 Å². The number of benzene rings is 5. The van der Waals surface area contributed by atoms with Crippen LogP contribution >= 0.6 is 0 Å². The highest BCUT2D eigenvalue weighted by molar-refractivity contribution is 5.78. The first-order chi connectivity index (χ1) is 68.8. The first kappa shape index (κ1) is 119. The van der Waals surface area contributed by atoms with Crippen LogP contribution in [0.15, 0.2) is 164 Å². The lowest BCUT2D eigenvalue weighted by atomic mass is 9.56. The third-order valence-electron chi connectivity index (χ3n) is 35.8. The van der Waals surface area contributed by atoms with Gasteiger partial charge in [-0.3, -0.25) is 4.98 Å². The molecular weight excluding hydrogens is 1670 g/mol. The zero-order chi connectivity index (χ0) is 99.1. The highest BCUT2D eigenvalue weighted by atomic mass is 14.9. The molecule has 17 fully saturated rings. The van der Waals surface area contributed by atoms with Gasteiger partial charge in [0.1, 0.15) is 0 Å². The summed E-state index contributed by atoms with van der Waals surface area (Å²) < 4.78 is 0. The van der Waals surface area contributed by atoms with Crippen molar-refractivity contribution in [2.24, 2.45) is 88.8 Å². The second-order valence-corrected chi connectivity index (χ2v) is 44.9. The third-order valence-corrected chi connectivity index (χ3v) is 35.8. The van der Waals surface area contributed by atoms with Gasteiger partial charge in [-0.05, 0) is 380 Å². The number of hydrogen-bond acceptors (Lipinski definition) is 2. The Hall–Kier alpha value is -5.31. The molecule has 6 aromatic rings. The average Bonchev–Trinajstić information content (AvgIpc) is 1.73. The molecule has 25 aliphatic rings. The molecule has 3 unspecified atom stereocenters. The van der Waals surface area contributed by atoms with Crippen molar-refractivity contribution in [3.8, 4) is 11.1 Å². The lowest BCUT2D eigenvalue weighted by Gasteiger charge is -2.49. The molecule has 0 radical (unpaired) electrons. The molecule has 12 bridgehead atoms. The van der Waals surface area contributed by atoms with Gasteiger partial charge in [0.25, 0.3) is 0 Å². The zero-order valence-corrected chi connectivity index (χ0v) is 94.2. The summed E-state index contributed by atoms with van der Waals surface area (Å²) in [5.74, 6) is 18.3. The van der Waals surface area contributed by atoms with Crippen molar-refractivity contribution in [2.45, 2.75) is 533 Å². The number of pyridine rings is 1. The van der Waals surface area contributed by atoms with Gasteiger partial charge in [0.05, 0.1) is 0 Å². The first-order valence-corrected chi connectivity index (χ1v) is 62.2. The van der Waals surface area contributed by atoms with E-state index in [9.17, 15) is 0 Å². The molecule has 0 amide bonds. The van der Waals surface area contributed by atoms with E-state index in [1.54, 1.807) is 194 Å². The molecule has 3 atom stereocenters. The largest absolute Gasteiger partial charge is 0.314 e. The fourth-order valence-corrected chi connectivity index (χ4v) is 28.7. The topological polar surface area (TPSA) is 24.9 Å². The highest BCUT2D eigenvalue weighted by Crippen LogP contribution is 2.54. The Morgan fingerprint density at radius 2 is 0.583 bits per heavy atom. The number of allylic oxidation sites excluding steroid dienone is 4. The minimum atomic E-state index is 0.558. The van der Waals surface area contributed by atoms with Gasteiger partial charge >= 0.3 is 0 Å². The van der Waals surface area contributed by atoms with Crippen LogP contribution in [0, 0.1) is 88.8 Å². The van der Waals surface area contributed by atoms with Crippen LogP contribution < -0.4 is 5.32 Å². The Morgan fingerprint density at radius 3 is 0.978 bits per heavy atom. The van der Waals surface area contributed by atoms with Crippen LogP contribution in [0.25, 0.3) is 11.1 Å². The van der Waals surface area contributed by atoms with Gasteiger partial charge in [-0.15, -0.1) is 0 Å². The summed E-state index contributed by atoms with van der Waals surface area (Å²) >= 11 is 0. The highest BCUT2D eigenvalue weighted by Gasteiger charge is 2.42. The van der Waals surface area contributed by atoms with E-state index >= 15 is 0 Å². The number of aryl methyl sites for hydroxylation is 7. The molecule has 780 valence electrons. The Bertz CT molecular complexity index is 3660. The number of fused-ring (bicyclic) bond motifs is 24. The molecule has 5 aromatic carbocycles. The standard InChI is InChI=1S/C14H12.C11H20.C11H18.C10H16.C10H12.C10H18.C10H12.C9H17N.C9H11N.C9H10.2C7H12.C6H10.7C2H6/c1-10-11-6-2-4-8-13(11)14-9-5-3-7-12(10)14;2*1-4-10-6-2-7-11(5-1)9-3-8-10;1-7-2-9-4-8(1)5-10(3-7)6-9;1-8-6-7-9-4-2-3-5-10(8)9;2*1-2-6-10-8-4-3-7-9(10)5-1;2*1-2-6-9-8(4-1)5-3-7-10-9;1-2-5-9-7-3-6-8(9)4-1;1-2-7-4-3-6(1)5-7;1-2-6-4-7(3-1)5-6;1-2-4-6-5-3-1;7*1-2/h2-10H,1H3;10-11H,1-9H2;1,4,10-11H,2-3,5-9H2;7-10H,1-6H2;2-5,8H,6-7H2,1H3;9-10H,1-8H2;1-2,5-6H,3-4,7-8H2;8-10H,1-7H2;3,5,7H,1-2,4,6H2;1-2,4-5H,3,6-7H2;2*6-7H,1-5H2;1-2H,3-6H2;7*1-2H3. The number of aromatic nitrogens is 1. The quantitative estimate of drug-likeness (QED) is 0.153. The van der Waals surface area contributed by atoms with E-state index in [1.807, 2.05) is 109 Å². The molecule has 139 heavy (non-hydrogen) atoms. The molecule has 16 saturated carbocycles. The predicted molar refractivity (Wildman–Crippen MR) is 618 cm³/mol. The van der Waals surface area contributed by atoms with Crippen LogP contribution in [-0.4, -0.2) is 17.6 Å². The monoisotopic (exact) mass is 1900 g/mol. The van der Waals surface area contributed by atoms with Crippen molar-refractivity contribution in [3.63, 3.8) is 0 Å². The minimum absolute atomic E-state index is 0.558. The minimum Gasteiger partial charge on any atom is -0.314 e. The van der Waals surface area contributed by atoms with Crippen LogP contribution in [-0.2, 0) is 44.9 Å². The van der Waals surface area contributed by atoms with Crippen LogP contribution in [0.1, 0.15) is 538 Å². The van der Waals surface area contributed by atoms with E-state index in [0.717, 1.165) is 53.4 Å². The van der Waals surface area contributed by atoms with E-state index in [4.69, 9.17) is 0 Å². The fraction of sp³-hybridized carbons (Fsp3) is 0.715. The van der Waals surface area contributed by atoms with Crippen LogP contribution in [0.4, 0.5) is 0 Å². The number of hydrogen-bond donors (Lipinski definition) is 1. The van der Waals surface area contributed by atoms with E-state index in [-0.39, 0.29) is 0 Å². The molecule has 2 heterocycles. The maximum atomic E-state index is 4.32. The molecule has 0 spiro atoms. The van der Waals surface area contributed by atoms with Gasteiger partial charge in [-0.1, -0.05) is 455 Å². The van der Waals surface area contributed by atoms with Crippen LogP contribution in [0.3, 0.4) is 0 Å². The summed E-state index contributed by atoms with van der Waals surface area (Å²) in [7, 11) is 0. The van der Waals surface area contributed by atoms with Gasteiger partial charge in [0, 0.05) is 23.9 Å². The van der Waals surface area contributed by atoms with E-state index in [2.05, 4.69) is 176 Å². The Kier molecular flexibility index (Phi) is 62.4. The summed E-state index contributed by atoms with van der Waals surface area (Å²) in [6.45, 7) is 33.9. The maximum absolute atomic E-state index is 4.32. The van der Waals surface area contributed by atoms with Crippen LogP contribution in [0.5, 0.6) is 0 Å². The molecule has 1 N–H and O–H groups in total. The molecule has 2 nitrogen and oxygen atoms in total. The zero-order valence-electron chi connectivity index (χ0n) is 94.2. The number of piperidine rings is 1. The smallest absolute Gasteiger partial charge is 0.0435 e. The lowest BCUT2D eigenvalue weighted by Crippen LogP contribution is -2.42. The third kappa shape index (κ3) is 42.2. The molecule has 1 aromatic heterocycles. The van der Waals surface area contributed by atoms with Crippen LogP contribution in [0.2, 0.25) is 0 Å². The van der Waals surface area contributed by atoms with Gasteiger partial charge < -0.3 is 5.32 Å². The molecule has 1 saturated heterocycles. The van der Waals surface area contributed by atoms with Crippen molar-refractivity contribution in [2.75, 3.05) is 6.54 Å². The van der Waals surface area contributed by atoms with Gasteiger partial charge in [0.2, 0.25) is 0 Å². The van der Waals surface area contributed by atoms with Crippen molar-refractivity contribution >= 4 is 0 Å². The molecular formula is C137H222N2. The van der Waals surface area contributed by atoms with Gasteiger partial charge in [0.15, 0.2) is 0 Å². The van der Waals surface area contributed by atoms with E-state index in [1.165, 1.54) is 331 Å². The average molecular weight is 1900 g/mol. The summed E-state index contributed by atoms with van der Waals surface area (Å²) in [5, 5.41) is 3.62. The van der Waals surface area contributed by atoms with Crippen molar-refractivity contribution in [1.29, 1.82) is 0 Å². The summed E-state index contributed by atoms with van der Waals surface area (Å²) in [4.78, 5) is 4.32. The second kappa shape index (κ2) is 72.9. The van der Waals surface area contributed by atoms with E-state index < -0.39 is 0 Å². The SMILES string of the molecule is C1=CC2CCCC(C1)CCC2.C1=CCCCC1.C1C2CC3CC1CC(C2)C3.C1CC2CC(C1)C2.C1CC2CCC1C2.C1CC2CCCC(C1)CCC2.C1CCC2CCCCC2C1.C1CCC2NCCCC2C1.CC.CC.CC.CC.CC.CC.CC.CC1CCc2ccccc21.CC1c2ccccc2-c2ccccc21.c1ccc2c(c1)CCC2.c1ccc2c(c1)CCCC2.c1cnc2c(c1)CCCC2. The normalized spacial score (nSPS) is 28.6. The summed E-state index contributed by atoms with van der Waals surface area (Å²) in [5.41, 5.74) is 18.0. The maximum Gasteiger partial charge on any atom is 0.0435 e. The summed E-state index contributed by atoms with van der Waals surface area (Å²) in [6.07, 6.45) is 105. The number of nitrogens with one attached hydrogen (secondary N) is 1. The number of rotatable bonds is 0. The predicted octanol–water partition coefficient (Wildman–Crippen LogP) is 42.4. The molecule has 2 heteroatoms. The van der Waals surface area contributed by atoms with Gasteiger partial charge in [-0.2, -0.15) is 0 Å². The van der Waals surface area contributed by atoms with Crippen molar-refractivity contribution < 1.29 is 0 Å². The Morgan fingerprint density at radius 1 is 0.237 bits per heavy atom. The van der Waals surface area contributed by atoms with Crippen molar-refractivity contribution in [3.05, 3.63) is 220 Å². The molecule has 31 rings (SSSR count). The Labute approximate surface area is 863 Å². The Balaban J connectivity index is 0.000000183. The molecule has 24 aliphatic carbocycles. The summed E-state index contributed by atoms with van der Waals surface area (Å²) in [6, 6.07) is 48.9. The van der Waals surface area contributed by atoms with Gasteiger partial charge in [-0.25, -0.2) is 0 Å². The lowest BCUT2D eigenvalue weighted by molar-refractivity contribution is 0.0198. The second-order valence-electron chi connectivity index (χ2n) is 44.9.